The van der Waals surface area contributed by atoms with Gasteiger partial charge >= 0.3 is 0 Å². The predicted molar refractivity (Wildman–Crippen MR) is 63.9 cm³/mol. The fourth-order valence-electron chi connectivity index (χ4n) is 1.43. The largest absolute Gasteiger partial charge is 0.384 e. The number of nitriles is 1. The third kappa shape index (κ3) is 2.34. The standard InChI is InChI=1S/C11H12N6/c1-17-11(13)8(7-16-17)6-15-9-2-3-14-10(4-9)5-12/h2-4,7H,6,13H2,1H3,(H,14,15). The average molecular weight is 228 g/mol. The number of aromatic nitrogens is 3. The van der Waals surface area contributed by atoms with Crippen molar-refractivity contribution < 1.29 is 0 Å². The minimum atomic E-state index is 0.383. The highest BCUT2D eigenvalue weighted by Gasteiger charge is 2.04. The number of nitrogen functional groups attached to an aromatic ring is 1. The zero-order valence-electron chi connectivity index (χ0n) is 9.38. The molecule has 6 heteroatoms. The monoisotopic (exact) mass is 228 g/mol. The Morgan fingerprint density at radius 1 is 1.59 bits per heavy atom. The highest BCUT2D eigenvalue weighted by atomic mass is 15.3. The van der Waals surface area contributed by atoms with Crippen molar-refractivity contribution in [3.05, 3.63) is 35.8 Å². The van der Waals surface area contributed by atoms with Crippen molar-refractivity contribution in [1.29, 1.82) is 5.26 Å². The maximum absolute atomic E-state index is 8.72. The molecule has 0 aliphatic rings. The number of pyridine rings is 1. The molecular weight excluding hydrogens is 216 g/mol. The summed E-state index contributed by atoms with van der Waals surface area (Å²) in [6.07, 6.45) is 3.31. The van der Waals surface area contributed by atoms with E-state index in [1.165, 1.54) is 0 Å². The van der Waals surface area contributed by atoms with Gasteiger partial charge in [0.15, 0.2) is 0 Å². The van der Waals surface area contributed by atoms with Gasteiger partial charge in [-0.2, -0.15) is 10.4 Å². The van der Waals surface area contributed by atoms with Gasteiger partial charge < -0.3 is 11.1 Å². The zero-order valence-corrected chi connectivity index (χ0v) is 9.38. The van der Waals surface area contributed by atoms with Crippen LogP contribution in [-0.2, 0) is 13.6 Å². The van der Waals surface area contributed by atoms with Gasteiger partial charge in [-0.3, -0.25) is 4.68 Å². The summed E-state index contributed by atoms with van der Waals surface area (Å²) in [5, 5.41) is 15.9. The minimum Gasteiger partial charge on any atom is -0.384 e. The van der Waals surface area contributed by atoms with Crippen LogP contribution in [0.5, 0.6) is 0 Å². The number of anilines is 2. The molecule has 0 amide bonds. The van der Waals surface area contributed by atoms with E-state index < -0.39 is 0 Å². The van der Waals surface area contributed by atoms with Gasteiger partial charge in [0.05, 0.1) is 6.20 Å². The lowest BCUT2D eigenvalue weighted by molar-refractivity contribution is 0.778. The summed E-state index contributed by atoms with van der Waals surface area (Å²) in [5.41, 5.74) is 7.95. The second-order valence-electron chi connectivity index (χ2n) is 3.57. The SMILES string of the molecule is Cn1ncc(CNc2ccnc(C#N)c2)c1N. The van der Waals surface area contributed by atoms with Gasteiger partial charge in [0.25, 0.3) is 0 Å². The second kappa shape index (κ2) is 4.53. The van der Waals surface area contributed by atoms with Gasteiger partial charge in [-0.25, -0.2) is 4.98 Å². The van der Waals surface area contributed by atoms with Crippen molar-refractivity contribution in [1.82, 2.24) is 14.8 Å². The molecule has 17 heavy (non-hydrogen) atoms. The van der Waals surface area contributed by atoms with Crippen LogP contribution < -0.4 is 11.1 Å². The molecular formula is C11H12N6. The van der Waals surface area contributed by atoms with Crippen LogP contribution in [0.3, 0.4) is 0 Å². The van der Waals surface area contributed by atoms with Crippen LogP contribution >= 0.6 is 0 Å². The average Bonchev–Trinajstić information content (AvgIpc) is 2.68. The summed E-state index contributed by atoms with van der Waals surface area (Å²) in [6, 6.07) is 5.47. The minimum absolute atomic E-state index is 0.383. The third-order valence-electron chi connectivity index (χ3n) is 2.42. The van der Waals surface area contributed by atoms with E-state index in [2.05, 4.69) is 15.4 Å². The molecule has 0 saturated carbocycles. The van der Waals surface area contributed by atoms with Crippen molar-refractivity contribution in [2.75, 3.05) is 11.1 Å². The van der Waals surface area contributed by atoms with Crippen LogP contribution in [0.15, 0.2) is 24.5 Å². The molecule has 0 radical (unpaired) electrons. The van der Waals surface area contributed by atoms with Gasteiger partial charge in [0.2, 0.25) is 0 Å². The van der Waals surface area contributed by atoms with Gasteiger partial charge in [0, 0.05) is 31.0 Å². The molecule has 0 spiro atoms. The molecule has 3 N–H and O–H groups in total. The molecule has 0 aliphatic heterocycles. The summed E-state index contributed by atoms with van der Waals surface area (Å²) < 4.78 is 1.62. The molecule has 0 aliphatic carbocycles. The van der Waals surface area contributed by atoms with Crippen molar-refractivity contribution >= 4 is 11.5 Å². The number of nitrogens with zero attached hydrogens (tertiary/aromatic N) is 4. The fourth-order valence-corrected chi connectivity index (χ4v) is 1.43. The molecule has 86 valence electrons. The number of aryl methyl sites for hydroxylation is 1. The molecule has 6 nitrogen and oxygen atoms in total. The van der Waals surface area contributed by atoms with Gasteiger partial charge in [0.1, 0.15) is 17.6 Å². The first kappa shape index (κ1) is 11.0. The van der Waals surface area contributed by atoms with E-state index >= 15 is 0 Å². The van der Waals surface area contributed by atoms with E-state index in [1.54, 1.807) is 36.3 Å². The summed E-state index contributed by atoms with van der Waals surface area (Å²) >= 11 is 0. The summed E-state index contributed by atoms with van der Waals surface area (Å²) in [7, 11) is 1.79. The normalized spacial score (nSPS) is 9.88. The molecule has 0 aromatic carbocycles. The van der Waals surface area contributed by atoms with Gasteiger partial charge in [-0.05, 0) is 12.1 Å². The van der Waals surface area contributed by atoms with Crippen molar-refractivity contribution in [2.45, 2.75) is 6.54 Å². The maximum atomic E-state index is 8.72. The Balaban J connectivity index is 2.07. The lowest BCUT2D eigenvalue weighted by Gasteiger charge is -2.05. The fraction of sp³-hybridized carbons (Fsp3) is 0.182. The molecule has 2 aromatic rings. The Hall–Kier alpha value is -2.55. The van der Waals surface area contributed by atoms with E-state index in [9.17, 15) is 0 Å². The smallest absolute Gasteiger partial charge is 0.142 e. The van der Waals surface area contributed by atoms with E-state index in [1.807, 2.05) is 6.07 Å². The Kier molecular flexibility index (Phi) is 2.92. The van der Waals surface area contributed by atoms with Crippen molar-refractivity contribution in [2.24, 2.45) is 7.05 Å². The summed E-state index contributed by atoms with van der Waals surface area (Å²) in [4.78, 5) is 3.89. The molecule has 0 bridgehead atoms. The van der Waals surface area contributed by atoms with Crippen LogP contribution in [0.25, 0.3) is 0 Å². The molecule has 2 rings (SSSR count). The first-order valence-electron chi connectivity index (χ1n) is 5.07. The predicted octanol–water partition coefficient (Wildman–Crippen LogP) is 0.881. The van der Waals surface area contributed by atoms with Gasteiger partial charge in [-0.1, -0.05) is 0 Å². The Labute approximate surface area is 98.7 Å². The number of hydrogen-bond acceptors (Lipinski definition) is 5. The van der Waals surface area contributed by atoms with Crippen molar-refractivity contribution in [3.8, 4) is 6.07 Å². The quantitative estimate of drug-likeness (QED) is 0.813. The van der Waals surface area contributed by atoms with Crippen LogP contribution in [0, 0.1) is 11.3 Å². The number of nitrogens with two attached hydrogens (primary N) is 1. The molecule has 0 atom stereocenters. The first-order chi connectivity index (χ1) is 8.20. The maximum Gasteiger partial charge on any atom is 0.142 e. The Morgan fingerprint density at radius 2 is 2.41 bits per heavy atom. The van der Waals surface area contributed by atoms with E-state index in [0.717, 1.165) is 11.3 Å². The molecule has 2 heterocycles. The van der Waals surface area contributed by atoms with Crippen LogP contribution in [0.2, 0.25) is 0 Å². The number of nitrogens with one attached hydrogen (secondary N) is 1. The van der Waals surface area contributed by atoms with Crippen molar-refractivity contribution in [3.63, 3.8) is 0 Å². The topological polar surface area (TPSA) is 92.5 Å². The Morgan fingerprint density at radius 3 is 3.06 bits per heavy atom. The highest BCUT2D eigenvalue weighted by molar-refractivity contribution is 5.48. The van der Waals surface area contributed by atoms with Crippen LogP contribution in [0.4, 0.5) is 11.5 Å². The first-order valence-corrected chi connectivity index (χ1v) is 5.07. The van der Waals surface area contributed by atoms with E-state index in [4.69, 9.17) is 11.0 Å². The second-order valence-corrected chi connectivity index (χ2v) is 3.57. The molecule has 2 aromatic heterocycles. The van der Waals surface area contributed by atoms with E-state index in [-0.39, 0.29) is 0 Å². The van der Waals surface area contributed by atoms with Crippen LogP contribution in [0.1, 0.15) is 11.3 Å². The molecule has 0 unspecified atom stereocenters. The van der Waals surface area contributed by atoms with Gasteiger partial charge in [-0.15, -0.1) is 0 Å². The molecule has 0 fully saturated rings. The molecule has 0 saturated heterocycles. The highest BCUT2D eigenvalue weighted by Crippen LogP contribution is 2.13. The third-order valence-corrected chi connectivity index (χ3v) is 2.42. The van der Waals surface area contributed by atoms with Crippen LogP contribution in [-0.4, -0.2) is 14.8 Å². The van der Waals surface area contributed by atoms with E-state index in [0.29, 0.717) is 18.1 Å². The summed E-state index contributed by atoms with van der Waals surface area (Å²) in [6.45, 7) is 0.564. The lowest BCUT2D eigenvalue weighted by atomic mass is 10.3. The summed E-state index contributed by atoms with van der Waals surface area (Å²) in [5.74, 6) is 0.632. The lowest BCUT2D eigenvalue weighted by Crippen LogP contribution is -2.04. The number of rotatable bonds is 3. The zero-order chi connectivity index (χ0) is 12.3. The number of hydrogen-bond donors (Lipinski definition) is 2. The Bertz CT molecular complexity index is 566.